The lowest BCUT2D eigenvalue weighted by atomic mass is 10.1. The Bertz CT molecular complexity index is 1420. The summed E-state index contributed by atoms with van der Waals surface area (Å²) in [6.45, 7) is 4.39. The predicted molar refractivity (Wildman–Crippen MR) is 146 cm³/mol. The summed E-state index contributed by atoms with van der Waals surface area (Å²) >= 11 is -0.999. The first-order chi connectivity index (χ1) is 18.9. The highest BCUT2D eigenvalue weighted by atomic mass is 32.2. The summed E-state index contributed by atoms with van der Waals surface area (Å²) in [6.07, 6.45) is 3.11. The Kier molecular flexibility index (Phi) is 8.09. The Morgan fingerprint density at radius 1 is 1.18 bits per heavy atom. The van der Waals surface area contributed by atoms with Gasteiger partial charge in [-0.05, 0) is 30.3 Å². The number of halogens is 1. The highest BCUT2D eigenvalue weighted by Crippen LogP contribution is 2.22. The number of furan rings is 1. The van der Waals surface area contributed by atoms with Gasteiger partial charge in [-0.2, -0.15) is 19.5 Å². The van der Waals surface area contributed by atoms with Crippen molar-refractivity contribution in [3.8, 4) is 11.6 Å². The summed E-state index contributed by atoms with van der Waals surface area (Å²) in [7, 11) is 0. The molecule has 1 atom stereocenters. The van der Waals surface area contributed by atoms with Crippen molar-refractivity contribution in [3.63, 3.8) is 0 Å². The number of nitrogens with two attached hydrogens (primary N) is 1. The number of fused-ring (bicyclic) bond motifs is 1. The van der Waals surface area contributed by atoms with E-state index in [-0.39, 0.29) is 24.0 Å². The number of aromatic nitrogens is 5. The van der Waals surface area contributed by atoms with E-state index in [0.717, 1.165) is 19.6 Å². The minimum Gasteiger partial charge on any atom is -0.617 e. The molecule has 15 heteroatoms. The van der Waals surface area contributed by atoms with E-state index in [1.54, 1.807) is 30.5 Å². The summed E-state index contributed by atoms with van der Waals surface area (Å²) in [4.78, 5) is 29.5. The number of nitrogens with zero attached hydrogens (tertiary/aromatic N) is 7. The molecule has 0 radical (unpaired) electrons. The molecular weight excluding hydrogens is 527 g/mol. The zero-order valence-electron chi connectivity index (χ0n) is 21.3. The average Bonchev–Trinajstić information content (AvgIpc) is 3.59. The lowest BCUT2D eigenvalue weighted by Crippen LogP contribution is -2.48. The standard InChI is InChI=1S/C24H29FN10O3S/c1-39(37)14-7-27-21(36)16-4-5-18(17(25)15-16)34-11-9-33(10-12-34)8-6-28-23-30-22(26)35-24(31-23)29-20(32-35)19-3-2-13-38-19/h2-5,13,15H,6-12,14H2,1H3,(H,27,36)(H3,26,28,29,30,31,32). The van der Waals surface area contributed by atoms with Crippen LogP contribution < -0.4 is 21.3 Å². The molecule has 1 aliphatic rings. The molecule has 1 amide bonds. The third-order valence-corrected chi connectivity index (χ3v) is 7.06. The largest absolute Gasteiger partial charge is 0.617 e. The molecule has 0 spiro atoms. The van der Waals surface area contributed by atoms with Gasteiger partial charge in [0.25, 0.3) is 11.7 Å². The topological polar surface area (TPSA) is 166 Å². The molecule has 1 aromatic carbocycles. The van der Waals surface area contributed by atoms with Crippen molar-refractivity contribution in [1.29, 1.82) is 0 Å². The van der Waals surface area contributed by atoms with E-state index >= 15 is 0 Å². The molecule has 1 aliphatic heterocycles. The number of amides is 1. The lowest BCUT2D eigenvalue weighted by Gasteiger charge is -2.36. The maximum Gasteiger partial charge on any atom is 0.259 e. The second-order valence-electron chi connectivity index (χ2n) is 8.98. The smallest absolute Gasteiger partial charge is 0.259 e. The van der Waals surface area contributed by atoms with E-state index in [0.29, 0.717) is 54.4 Å². The van der Waals surface area contributed by atoms with Gasteiger partial charge in [-0.1, -0.05) is 11.2 Å². The molecule has 39 heavy (non-hydrogen) atoms. The van der Waals surface area contributed by atoms with Gasteiger partial charge in [-0.15, -0.1) is 5.10 Å². The second-order valence-corrected chi connectivity index (χ2v) is 10.5. The number of carbonyl (C=O) groups excluding carboxylic acids is 1. The van der Waals surface area contributed by atoms with Crippen LogP contribution in [0.5, 0.6) is 0 Å². The Morgan fingerprint density at radius 2 is 2.00 bits per heavy atom. The van der Waals surface area contributed by atoms with Gasteiger partial charge >= 0.3 is 0 Å². The Labute approximate surface area is 226 Å². The van der Waals surface area contributed by atoms with Crippen LogP contribution in [0.1, 0.15) is 10.4 Å². The van der Waals surface area contributed by atoms with Gasteiger partial charge in [-0.25, -0.2) is 4.39 Å². The van der Waals surface area contributed by atoms with Crippen molar-refractivity contribution in [2.75, 3.05) is 73.8 Å². The number of benzene rings is 1. The molecule has 0 bridgehead atoms. The van der Waals surface area contributed by atoms with Crippen molar-refractivity contribution in [2.45, 2.75) is 0 Å². The third-order valence-electron chi connectivity index (χ3n) is 6.28. The molecule has 1 fully saturated rings. The lowest BCUT2D eigenvalue weighted by molar-refractivity contribution is 0.0955. The highest BCUT2D eigenvalue weighted by Gasteiger charge is 2.21. The summed E-state index contributed by atoms with van der Waals surface area (Å²) in [5.74, 6) is 1.25. The van der Waals surface area contributed by atoms with Gasteiger partial charge in [0.2, 0.25) is 17.7 Å². The van der Waals surface area contributed by atoms with Crippen LogP contribution in [-0.4, -0.2) is 97.7 Å². The number of anilines is 3. The number of nitrogens with one attached hydrogen (secondary N) is 2. The first-order valence-electron chi connectivity index (χ1n) is 12.4. The summed E-state index contributed by atoms with van der Waals surface area (Å²) < 4.78 is 32.7. The molecule has 206 valence electrons. The summed E-state index contributed by atoms with van der Waals surface area (Å²) in [5.41, 5.74) is 6.75. The number of rotatable bonds is 10. The molecule has 0 saturated carbocycles. The third kappa shape index (κ3) is 6.38. The van der Waals surface area contributed by atoms with Gasteiger partial charge in [0.15, 0.2) is 5.76 Å². The molecule has 5 rings (SSSR count). The molecule has 4 aromatic rings. The van der Waals surface area contributed by atoms with Crippen LogP contribution in [-0.2, 0) is 11.2 Å². The van der Waals surface area contributed by atoms with Gasteiger partial charge in [0, 0.05) is 44.8 Å². The molecule has 4 heterocycles. The summed E-state index contributed by atoms with van der Waals surface area (Å²) in [6, 6.07) is 8.00. The van der Waals surface area contributed by atoms with Crippen LogP contribution in [0.3, 0.4) is 0 Å². The maximum absolute atomic E-state index is 14.8. The predicted octanol–water partition coefficient (Wildman–Crippen LogP) is 0.843. The Balaban J connectivity index is 1.10. The highest BCUT2D eigenvalue weighted by molar-refractivity contribution is 7.90. The van der Waals surface area contributed by atoms with Crippen LogP contribution >= 0.6 is 0 Å². The van der Waals surface area contributed by atoms with E-state index in [1.165, 1.54) is 16.8 Å². The van der Waals surface area contributed by atoms with Crippen LogP contribution in [0.15, 0.2) is 41.0 Å². The number of carbonyl (C=O) groups is 1. The molecule has 3 aromatic heterocycles. The zero-order valence-corrected chi connectivity index (χ0v) is 22.2. The fraction of sp³-hybridized carbons (Fsp3) is 0.375. The van der Waals surface area contributed by atoms with Crippen molar-refractivity contribution in [1.82, 2.24) is 34.8 Å². The van der Waals surface area contributed by atoms with Crippen LogP contribution in [0, 0.1) is 5.82 Å². The molecular formula is C24H29FN10O3S. The average molecular weight is 557 g/mol. The van der Waals surface area contributed by atoms with Crippen LogP contribution in [0.25, 0.3) is 17.4 Å². The van der Waals surface area contributed by atoms with Gasteiger partial charge < -0.3 is 30.2 Å². The first-order valence-corrected chi connectivity index (χ1v) is 14.1. The quantitative estimate of drug-likeness (QED) is 0.237. The molecule has 4 N–H and O–H groups in total. The van der Waals surface area contributed by atoms with E-state index in [9.17, 15) is 13.7 Å². The fourth-order valence-electron chi connectivity index (χ4n) is 4.25. The van der Waals surface area contributed by atoms with E-state index in [4.69, 9.17) is 10.2 Å². The molecule has 13 nitrogen and oxygen atoms in total. The SMILES string of the molecule is C[S+]([O-])CCNC(=O)c1ccc(N2CCN(CCNc3nc(N)n4nc(-c5ccco5)nc4n3)CC2)c(F)c1. The van der Waals surface area contributed by atoms with Crippen molar-refractivity contribution >= 4 is 40.4 Å². The molecule has 1 saturated heterocycles. The molecule has 1 unspecified atom stereocenters. The van der Waals surface area contributed by atoms with E-state index in [2.05, 4.69) is 35.6 Å². The van der Waals surface area contributed by atoms with Crippen molar-refractivity contribution in [2.24, 2.45) is 0 Å². The minimum atomic E-state index is -0.999. The Morgan fingerprint density at radius 3 is 2.72 bits per heavy atom. The molecule has 0 aliphatic carbocycles. The van der Waals surface area contributed by atoms with Gasteiger partial charge in [0.05, 0.1) is 24.8 Å². The minimum absolute atomic E-state index is 0.157. The van der Waals surface area contributed by atoms with Gasteiger partial charge in [0.1, 0.15) is 11.6 Å². The van der Waals surface area contributed by atoms with Crippen molar-refractivity contribution in [3.05, 3.63) is 48.0 Å². The van der Waals surface area contributed by atoms with E-state index in [1.807, 2.05) is 4.90 Å². The number of piperazine rings is 1. The first kappa shape index (κ1) is 26.6. The van der Waals surface area contributed by atoms with Gasteiger partial charge in [-0.3, -0.25) is 9.69 Å². The van der Waals surface area contributed by atoms with Crippen molar-refractivity contribution < 1.29 is 18.2 Å². The zero-order chi connectivity index (χ0) is 27.4. The number of hydrogen-bond donors (Lipinski definition) is 3. The maximum atomic E-state index is 14.8. The fourth-order valence-corrected chi connectivity index (χ4v) is 4.64. The normalized spacial score (nSPS) is 15.0. The van der Waals surface area contributed by atoms with E-state index < -0.39 is 17.0 Å². The van der Waals surface area contributed by atoms with Crippen LogP contribution in [0.2, 0.25) is 0 Å². The second kappa shape index (κ2) is 11.8. The number of hydrogen-bond acceptors (Lipinski definition) is 11. The Hall–Kier alpha value is -3.95. The van der Waals surface area contributed by atoms with Crippen LogP contribution in [0.4, 0.5) is 22.0 Å². The summed E-state index contributed by atoms with van der Waals surface area (Å²) in [5, 5.41) is 10.1. The monoisotopic (exact) mass is 556 g/mol. The number of nitrogen functional groups attached to an aromatic ring is 1.